The second-order valence-electron chi connectivity index (χ2n) is 5.09. The Hall–Kier alpha value is -1.15. The highest BCUT2D eigenvalue weighted by Crippen LogP contribution is 2.23. The number of benzene rings is 1. The summed E-state index contributed by atoms with van der Waals surface area (Å²) < 4.78 is 26.1. The lowest BCUT2D eigenvalue weighted by Gasteiger charge is -2.21. The number of hydrogen-bond donors (Lipinski definition) is 1. The number of rotatable bonds is 5. The number of carbonyl (C=O) groups is 1. The molecule has 8 heteroatoms. The van der Waals surface area contributed by atoms with Gasteiger partial charge < -0.3 is 0 Å². The summed E-state index contributed by atoms with van der Waals surface area (Å²) in [5, 5.41) is 1.65. The van der Waals surface area contributed by atoms with Gasteiger partial charge in [0.05, 0.1) is 15.5 Å². The molecule has 21 heavy (non-hydrogen) atoms. The fraction of sp³-hybridized carbons (Fsp3) is 0.462. The molecule has 0 saturated carbocycles. The van der Waals surface area contributed by atoms with Crippen molar-refractivity contribution in [2.75, 3.05) is 21.1 Å². The lowest BCUT2D eigenvalue weighted by atomic mass is 10.2. The number of hydrogen-bond acceptors (Lipinski definition) is 4. The molecule has 118 valence electrons. The molecular formula is C13H20ClN3O3S. The standard InChI is InChI=1S/C13H20ClN3O3S/c1-9(2)17(5)21(19,20)10-6-7-12(14)11(8-10)13(18)15-16(3)4/h6-9H,1-5H3,(H,15,18). The van der Waals surface area contributed by atoms with Crippen LogP contribution in [0.4, 0.5) is 0 Å². The number of nitrogens with zero attached hydrogens (tertiary/aromatic N) is 2. The minimum atomic E-state index is -3.66. The van der Waals surface area contributed by atoms with Crippen LogP contribution in [0.5, 0.6) is 0 Å². The van der Waals surface area contributed by atoms with E-state index in [2.05, 4.69) is 5.43 Å². The fourth-order valence-corrected chi connectivity index (χ4v) is 3.14. The van der Waals surface area contributed by atoms with Gasteiger partial charge in [-0.2, -0.15) is 4.31 Å². The summed E-state index contributed by atoms with van der Waals surface area (Å²) in [6.45, 7) is 3.54. The molecule has 0 aliphatic carbocycles. The van der Waals surface area contributed by atoms with Crippen LogP contribution in [0.3, 0.4) is 0 Å². The molecule has 0 fully saturated rings. The molecule has 1 amide bonds. The van der Waals surface area contributed by atoms with Crippen molar-refractivity contribution in [2.24, 2.45) is 0 Å². The highest BCUT2D eigenvalue weighted by atomic mass is 35.5. The normalized spacial score (nSPS) is 12.2. The second kappa shape index (κ2) is 6.74. The van der Waals surface area contributed by atoms with E-state index < -0.39 is 15.9 Å². The zero-order valence-corrected chi connectivity index (χ0v) is 14.3. The molecule has 0 unspecified atom stereocenters. The van der Waals surface area contributed by atoms with Crippen molar-refractivity contribution < 1.29 is 13.2 Å². The molecule has 6 nitrogen and oxygen atoms in total. The van der Waals surface area contributed by atoms with E-state index in [1.807, 2.05) is 0 Å². The van der Waals surface area contributed by atoms with E-state index >= 15 is 0 Å². The number of halogens is 1. The molecule has 0 radical (unpaired) electrons. The minimum Gasteiger partial charge on any atom is -0.285 e. The minimum absolute atomic E-state index is 0.0343. The van der Waals surface area contributed by atoms with Crippen molar-refractivity contribution in [3.05, 3.63) is 28.8 Å². The van der Waals surface area contributed by atoms with Crippen LogP contribution in [-0.4, -0.2) is 50.8 Å². The molecule has 0 spiro atoms. The number of carbonyl (C=O) groups excluding carboxylic acids is 1. The Kier molecular flexibility index (Phi) is 5.75. The lowest BCUT2D eigenvalue weighted by molar-refractivity contribution is 0.0857. The van der Waals surface area contributed by atoms with Crippen LogP contribution in [0.25, 0.3) is 0 Å². The van der Waals surface area contributed by atoms with E-state index in [1.54, 1.807) is 27.9 Å². The lowest BCUT2D eigenvalue weighted by Crippen LogP contribution is -2.36. The van der Waals surface area contributed by atoms with E-state index in [0.29, 0.717) is 0 Å². The number of sulfonamides is 1. The maximum absolute atomic E-state index is 12.4. The Morgan fingerprint density at radius 2 is 1.81 bits per heavy atom. The number of nitrogens with one attached hydrogen (secondary N) is 1. The van der Waals surface area contributed by atoms with E-state index in [0.717, 1.165) is 0 Å². The van der Waals surface area contributed by atoms with Crippen LogP contribution >= 0.6 is 11.6 Å². The molecule has 1 aromatic carbocycles. The molecule has 0 bridgehead atoms. The van der Waals surface area contributed by atoms with Crippen molar-refractivity contribution in [1.82, 2.24) is 14.7 Å². The molecule has 1 aromatic rings. The van der Waals surface area contributed by atoms with E-state index in [1.165, 1.54) is 34.6 Å². The van der Waals surface area contributed by atoms with Gasteiger partial charge in [0.15, 0.2) is 0 Å². The summed E-state index contributed by atoms with van der Waals surface area (Å²) in [4.78, 5) is 12.0. The van der Waals surface area contributed by atoms with Gasteiger partial charge in [0.25, 0.3) is 5.91 Å². The topological polar surface area (TPSA) is 69.7 Å². The predicted octanol–water partition coefficient (Wildman–Crippen LogP) is 1.58. The van der Waals surface area contributed by atoms with Gasteiger partial charge in [0.2, 0.25) is 10.0 Å². The highest BCUT2D eigenvalue weighted by Gasteiger charge is 2.25. The van der Waals surface area contributed by atoms with E-state index in [-0.39, 0.29) is 21.5 Å². The molecule has 0 aromatic heterocycles. The SMILES string of the molecule is CC(C)N(C)S(=O)(=O)c1ccc(Cl)c(C(=O)NN(C)C)c1. The molecule has 0 aliphatic rings. The molecule has 0 saturated heterocycles. The van der Waals surface area contributed by atoms with Crippen molar-refractivity contribution in [2.45, 2.75) is 24.8 Å². The summed E-state index contributed by atoms with van der Waals surface area (Å²) in [7, 11) is 1.14. The van der Waals surface area contributed by atoms with Crippen molar-refractivity contribution in [1.29, 1.82) is 0 Å². The van der Waals surface area contributed by atoms with Gasteiger partial charge in [0.1, 0.15) is 0 Å². The van der Waals surface area contributed by atoms with Gasteiger partial charge >= 0.3 is 0 Å². The van der Waals surface area contributed by atoms with Crippen LogP contribution in [0.1, 0.15) is 24.2 Å². The Morgan fingerprint density at radius 1 is 1.24 bits per heavy atom. The first-order valence-corrected chi connectivity index (χ1v) is 8.15. The maximum atomic E-state index is 12.4. The number of hydrazine groups is 1. The molecule has 1 rings (SSSR count). The first kappa shape index (κ1) is 17.9. The third kappa shape index (κ3) is 4.16. The Bertz CT molecular complexity index is 630. The van der Waals surface area contributed by atoms with Crippen LogP contribution in [0.15, 0.2) is 23.1 Å². The third-order valence-corrected chi connectivity index (χ3v) is 5.27. The van der Waals surface area contributed by atoms with Crippen LogP contribution in [0, 0.1) is 0 Å². The maximum Gasteiger partial charge on any atom is 0.267 e. The molecular weight excluding hydrogens is 314 g/mol. The van der Waals surface area contributed by atoms with Crippen molar-refractivity contribution >= 4 is 27.5 Å². The predicted molar refractivity (Wildman–Crippen MR) is 82.7 cm³/mol. The largest absolute Gasteiger partial charge is 0.285 e. The van der Waals surface area contributed by atoms with Crippen molar-refractivity contribution in [3.8, 4) is 0 Å². The average Bonchev–Trinajstić information content (AvgIpc) is 2.36. The van der Waals surface area contributed by atoms with Gasteiger partial charge in [-0.25, -0.2) is 13.4 Å². The van der Waals surface area contributed by atoms with Crippen LogP contribution in [-0.2, 0) is 10.0 Å². The summed E-state index contributed by atoms with van der Waals surface area (Å²) in [6.07, 6.45) is 0. The molecule has 1 N–H and O–H groups in total. The second-order valence-corrected chi connectivity index (χ2v) is 7.50. The van der Waals surface area contributed by atoms with Crippen LogP contribution in [0.2, 0.25) is 5.02 Å². The highest BCUT2D eigenvalue weighted by molar-refractivity contribution is 7.89. The number of amides is 1. The van der Waals surface area contributed by atoms with Gasteiger partial charge in [0, 0.05) is 27.2 Å². The van der Waals surface area contributed by atoms with Gasteiger partial charge in [-0.15, -0.1) is 0 Å². The van der Waals surface area contributed by atoms with E-state index in [4.69, 9.17) is 11.6 Å². The smallest absolute Gasteiger partial charge is 0.267 e. The molecule has 0 atom stereocenters. The Balaban J connectivity index is 3.27. The zero-order valence-electron chi connectivity index (χ0n) is 12.7. The summed E-state index contributed by atoms with van der Waals surface area (Å²) >= 11 is 5.98. The van der Waals surface area contributed by atoms with Gasteiger partial charge in [-0.1, -0.05) is 11.6 Å². The van der Waals surface area contributed by atoms with E-state index in [9.17, 15) is 13.2 Å². The van der Waals surface area contributed by atoms with Crippen molar-refractivity contribution in [3.63, 3.8) is 0 Å². The molecule has 0 heterocycles. The monoisotopic (exact) mass is 333 g/mol. The third-order valence-electron chi connectivity index (χ3n) is 2.91. The summed E-state index contributed by atoms with van der Waals surface area (Å²) in [5.74, 6) is -0.464. The Labute approximate surface area is 130 Å². The quantitative estimate of drug-likeness (QED) is 0.830. The fourth-order valence-electron chi connectivity index (χ4n) is 1.55. The van der Waals surface area contributed by atoms with Gasteiger partial charge in [-0.3, -0.25) is 10.2 Å². The average molecular weight is 334 g/mol. The zero-order chi connectivity index (χ0) is 16.4. The summed E-state index contributed by atoms with van der Waals surface area (Å²) in [5.41, 5.74) is 2.65. The summed E-state index contributed by atoms with van der Waals surface area (Å²) in [6, 6.07) is 3.90. The Morgan fingerprint density at radius 3 is 2.29 bits per heavy atom. The van der Waals surface area contributed by atoms with Crippen LogP contribution < -0.4 is 5.43 Å². The first-order chi connectivity index (χ1) is 9.57. The molecule has 0 aliphatic heterocycles. The van der Waals surface area contributed by atoms with Gasteiger partial charge in [-0.05, 0) is 32.0 Å². The first-order valence-electron chi connectivity index (χ1n) is 6.33.